The zero-order valence-corrected chi connectivity index (χ0v) is 20.9. The number of hydrogen-bond acceptors (Lipinski definition) is 2. The molecule has 0 aliphatic rings. The van der Waals surface area contributed by atoms with E-state index in [9.17, 15) is 8.42 Å². The normalized spacial score (nSPS) is 13.0. The number of sulfone groups is 1. The van der Waals surface area contributed by atoms with Gasteiger partial charge in [-0.1, -0.05) is 123 Å². The SMILES string of the molecule is Cc1cccc(CC(Br)(Br)S(=O)(=O)C(Br)(Br)Cc2cccc(C)c2)c1. The number of hydrogen-bond donors (Lipinski definition) is 0. The molecule has 0 N–H and O–H groups in total. The summed E-state index contributed by atoms with van der Waals surface area (Å²) in [5.41, 5.74) is 4.05. The Morgan fingerprint density at radius 2 is 1.12 bits per heavy atom. The van der Waals surface area contributed by atoms with E-state index >= 15 is 0 Å². The molecule has 0 spiro atoms. The molecule has 0 radical (unpaired) electrons. The number of benzene rings is 2. The van der Waals surface area contributed by atoms with Crippen LogP contribution in [0.3, 0.4) is 0 Å². The molecule has 2 aromatic rings. The molecule has 0 saturated heterocycles. The van der Waals surface area contributed by atoms with Crippen molar-refractivity contribution in [2.45, 2.75) is 31.8 Å². The van der Waals surface area contributed by atoms with E-state index in [4.69, 9.17) is 0 Å². The highest BCUT2D eigenvalue weighted by atomic mass is 79.9. The van der Waals surface area contributed by atoms with Crippen LogP contribution in [0.2, 0.25) is 0 Å². The Kier molecular flexibility index (Phi) is 7.03. The van der Waals surface area contributed by atoms with Crippen LogP contribution in [0.25, 0.3) is 0 Å². The van der Waals surface area contributed by atoms with Crippen molar-refractivity contribution in [2.24, 2.45) is 0 Å². The first kappa shape index (κ1) is 21.6. The van der Waals surface area contributed by atoms with Crippen LogP contribution in [-0.4, -0.2) is 13.5 Å². The molecule has 0 fully saturated rings. The maximum Gasteiger partial charge on any atom is 0.202 e. The molecule has 0 unspecified atom stereocenters. The third-order valence-corrected chi connectivity index (χ3v) is 11.9. The van der Waals surface area contributed by atoms with E-state index in [1.807, 2.05) is 62.4 Å². The van der Waals surface area contributed by atoms with Crippen molar-refractivity contribution in [3.8, 4) is 0 Å². The Morgan fingerprint density at radius 1 is 0.760 bits per heavy atom. The second-order valence-corrected chi connectivity index (χ2v) is 18.2. The van der Waals surface area contributed by atoms with E-state index < -0.39 is 15.0 Å². The summed E-state index contributed by atoms with van der Waals surface area (Å²) in [6, 6.07) is 15.6. The molecule has 0 saturated carbocycles. The van der Waals surface area contributed by atoms with Gasteiger partial charge in [0.2, 0.25) is 9.84 Å². The average Bonchev–Trinajstić information content (AvgIpc) is 2.45. The minimum absolute atomic E-state index is 0.295. The van der Waals surface area contributed by atoms with Crippen molar-refractivity contribution < 1.29 is 8.42 Å². The minimum atomic E-state index is -3.69. The molecule has 0 heterocycles. The van der Waals surface area contributed by atoms with E-state index in [1.54, 1.807) is 0 Å². The van der Waals surface area contributed by atoms with Gasteiger partial charge in [0.1, 0.15) is 0 Å². The number of alkyl halides is 4. The quantitative estimate of drug-likeness (QED) is 0.352. The molecule has 2 nitrogen and oxygen atoms in total. The Hall–Kier alpha value is 0.310. The molecular formula is C18H18Br4O2S. The van der Waals surface area contributed by atoms with E-state index in [0.717, 1.165) is 22.3 Å². The highest BCUT2D eigenvalue weighted by molar-refractivity contribution is 9.31. The van der Waals surface area contributed by atoms with Crippen LogP contribution >= 0.6 is 63.7 Å². The van der Waals surface area contributed by atoms with E-state index in [0.29, 0.717) is 12.8 Å². The molecule has 0 aromatic heterocycles. The van der Waals surface area contributed by atoms with E-state index in [2.05, 4.69) is 63.7 Å². The van der Waals surface area contributed by atoms with Gasteiger partial charge in [-0.15, -0.1) is 0 Å². The first-order chi connectivity index (χ1) is 11.4. The Balaban J connectivity index is 2.30. The largest absolute Gasteiger partial charge is 0.224 e. The van der Waals surface area contributed by atoms with Gasteiger partial charge in [-0.05, 0) is 25.0 Å². The fourth-order valence-electron chi connectivity index (χ4n) is 2.53. The third kappa shape index (κ3) is 5.18. The lowest BCUT2D eigenvalue weighted by Crippen LogP contribution is -2.40. The van der Waals surface area contributed by atoms with Crippen LogP contribution in [0.1, 0.15) is 22.3 Å². The number of rotatable bonds is 6. The second kappa shape index (κ2) is 8.13. The van der Waals surface area contributed by atoms with Crippen molar-refractivity contribution in [1.29, 1.82) is 0 Å². The van der Waals surface area contributed by atoms with Gasteiger partial charge in [-0.2, -0.15) is 0 Å². The molecule has 2 rings (SSSR count). The van der Waals surface area contributed by atoms with E-state index in [1.165, 1.54) is 0 Å². The molecule has 0 atom stereocenters. The predicted octanol–water partition coefficient (Wildman–Crippen LogP) is 6.39. The minimum Gasteiger partial charge on any atom is -0.224 e. The van der Waals surface area contributed by atoms with Gasteiger partial charge in [0, 0.05) is 12.8 Å². The first-order valence-electron chi connectivity index (χ1n) is 7.55. The Morgan fingerprint density at radius 3 is 1.44 bits per heavy atom. The van der Waals surface area contributed by atoms with Crippen LogP contribution in [0.15, 0.2) is 48.5 Å². The lowest BCUT2D eigenvalue weighted by molar-refractivity contribution is 0.585. The van der Waals surface area contributed by atoms with Crippen molar-refractivity contribution >= 4 is 73.6 Å². The van der Waals surface area contributed by atoms with Gasteiger partial charge < -0.3 is 0 Å². The average molecular weight is 618 g/mol. The summed E-state index contributed by atoms with van der Waals surface area (Å²) in [5, 5.41) is 0. The van der Waals surface area contributed by atoms with Gasteiger partial charge in [0.05, 0.1) is 0 Å². The van der Waals surface area contributed by atoms with Crippen molar-refractivity contribution in [1.82, 2.24) is 0 Å². The molecule has 25 heavy (non-hydrogen) atoms. The van der Waals surface area contributed by atoms with Crippen LogP contribution in [-0.2, 0) is 22.7 Å². The molecule has 136 valence electrons. The summed E-state index contributed by atoms with van der Waals surface area (Å²) >= 11 is 13.6. The van der Waals surface area contributed by atoms with Gasteiger partial charge >= 0.3 is 0 Å². The monoisotopic (exact) mass is 614 g/mol. The fourth-order valence-corrected chi connectivity index (χ4v) is 10.9. The fraction of sp³-hybridized carbons (Fsp3) is 0.333. The highest BCUT2D eigenvalue weighted by Gasteiger charge is 2.51. The predicted molar refractivity (Wildman–Crippen MR) is 120 cm³/mol. The molecule has 0 aliphatic heterocycles. The number of aryl methyl sites for hydroxylation is 2. The smallest absolute Gasteiger partial charge is 0.202 e. The maximum atomic E-state index is 13.3. The second-order valence-electron chi connectivity index (χ2n) is 6.11. The highest BCUT2D eigenvalue weighted by Crippen LogP contribution is 2.49. The van der Waals surface area contributed by atoms with Crippen molar-refractivity contribution in [2.75, 3.05) is 0 Å². The van der Waals surface area contributed by atoms with Gasteiger partial charge in [-0.25, -0.2) is 8.42 Å². The van der Waals surface area contributed by atoms with E-state index in [-0.39, 0.29) is 0 Å². The van der Waals surface area contributed by atoms with Crippen LogP contribution in [0.5, 0.6) is 0 Å². The summed E-state index contributed by atoms with van der Waals surface area (Å²) in [7, 11) is -3.69. The summed E-state index contributed by atoms with van der Waals surface area (Å²) < 4.78 is 23.9. The molecule has 0 amide bonds. The van der Waals surface area contributed by atoms with Crippen molar-refractivity contribution in [3.05, 3.63) is 70.8 Å². The summed E-state index contributed by atoms with van der Waals surface area (Å²) in [4.78, 5) is 0. The Labute approximate surface area is 183 Å². The number of halogens is 4. The van der Waals surface area contributed by atoms with Crippen LogP contribution < -0.4 is 0 Å². The first-order valence-corrected chi connectivity index (χ1v) is 12.2. The topological polar surface area (TPSA) is 34.1 Å². The lowest BCUT2D eigenvalue weighted by Gasteiger charge is -2.30. The summed E-state index contributed by atoms with van der Waals surface area (Å²) in [5.74, 6) is 0. The van der Waals surface area contributed by atoms with Crippen molar-refractivity contribution in [3.63, 3.8) is 0 Å². The zero-order chi connectivity index (χ0) is 18.9. The van der Waals surface area contributed by atoms with Gasteiger partial charge in [0.15, 0.2) is 5.13 Å². The Bertz CT molecular complexity index is 795. The third-order valence-electron chi connectivity index (χ3n) is 3.77. The standard InChI is InChI=1S/C18H18Br4O2S/c1-13-5-3-7-15(9-13)11-17(19,20)25(23,24)18(21,22)12-16-8-4-6-14(2)10-16/h3-10H,11-12H2,1-2H3. The lowest BCUT2D eigenvalue weighted by atomic mass is 10.1. The summed E-state index contributed by atoms with van der Waals surface area (Å²) in [6.07, 6.45) is 0.591. The maximum absolute atomic E-state index is 13.3. The zero-order valence-electron chi connectivity index (χ0n) is 13.8. The summed E-state index contributed by atoms with van der Waals surface area (Å²) in [6.45, 7) is 3.97. The van der Waals surface area contributed by atoms with Gasteiger partial charge in [0.25, 0.3) is 0 Å². The molecular weight excluding hydrogens is 600 g/mol. The van der Waals surface area contributed by atoms with Crippen LogP contribution in [0, 0.1) is 13.8 Å². The molecule has 0 bridgehead atoms. The molecule has 2 aromatic carbocycles. The van der Waals surface area contributed by atoms with Gasteiger partial charge in [-0.3, -0.25) is 0 Å². The van der Waals surface area contributed by atoms with Crippen LogP contribution in [0.4, 0.5) is 0 Å². The molecule has 0 aliphatic carbocycles. The molecule has 7 heteroatoms.